The number of nitrogens with one attached hydrogen (secondary N) is 1. The highest BCUT2D eigenvalue weighted by atomic mass is 32.2. The molecule has 1 aromatic carbocycles. The van der Waals surface area contributed by atoms with E-state index >= 15 is 0 Å². The Kier molecular flexibility index (Phi) is 5.92. The first-order valence-electron chi connectivity index (χ1n) is 9.31. The number of carbonyl (C=O) groups excluding carboxylic acids is 2. The van der Waals surface area contributed by atoms with Crippen molar-refractivity contribution in [2.45, 2.75) is 49.8 Å². The molecule has 2 heterocycles. The summed E-state index contributed by atoms with van der Waals surface area (Å²) in [6, 6.07) is 4.81. The van der Waals surface area contributed by atoms with Gasteiger partial charge in [0.25, 0.3) is 0 Å². The van der Waals surface area contributed by atoms with Gasteiger partial charge in [0.15, 0.2) is 0 Å². The van der Waals surface area contributed by atoms with E-state index in [2.05, 4.69) is 5.32 Å². The predicted molar refractivity (Wildman–Crippen MR) is 103 cm³/mol. The monoisotopic (exact) mass is 410 g/mol. The maximum atomic E-state index is 12.9. The molecular formula is C18H26N4O5S. The number of morpholine rings is 1. The van der Waals surface area contributed by atoms with Crippen molar-refractivity contribution in [3.05, 3.63) is 24.3 Å². The van der Waals surface area contributed by atoms with E-state index in [1.54, 1.807) is 12.1 Å². The van der Waals surface area contributed by atoms with Crippen molar-refractivity contribution in [2.75, 3.05) is 25.0 Å². The van der Waals surface area contributed by atoms with Crippen molar-refractivity contribution in [1.82, 2.24) is 9.21 Å². The third kappa shape index (κ3) is 4.29. The van der Waals surface area contributed by atoms with Crippen LogP contribution in [0, 0.1) is 0 Å². The Morgan fingerprint density at radius 1 is 1.14 bits per heavy atom. The molecule has 28 heavy (non-hydrogen) atoms. The minimum atomic E-state index is -3.64. The fraction of sp³-hybridized carbons (Fsp3) is 0.556. The average molecular weight is 410 g/mol. The number of urea groups is 1. The lowest BCUT2D eigenvalue weighted by atomic mass is 10.2. The van der Waals surface area contributed by atoms with Gasteiger partial charge in [0, 0.05) is 25.3 Å². The molecule has 0 radical (unpaired) electrons. The molecule has 1 aromatic rings. The molecule has 3 atom stereocenters. The molecule has 3 N–H and O–H groups in total. The van der Waals surface area contributed by atoms with E-state index in [9.17, 15) is 18.0 Å². The van der Waals surface area contributed by atoms with Crippen LogP contribution in [0.25, 0.3) is 0 Å². The van der Waals surface area contributed by atoms with Crippen LogP contribution in [0.5, 0.6) is 0 Å². The Labute approximate surface area is 164 Å². The van der Waals surface area contributed by atoms with Crippen molar-refractivity contribution in [1.29, 1.82) is 0 Å². The number of nitrogens with zero attached hydrogens (tertiary/aromatic N) is 2. The van der Waals surface area contributed by atoms with E-state index in [4.69, 9.17) is 10.5 Å². The van der Waals surface area contributed by atoms with Gasteiger partial charge in [0.05, 0.1) is 17.1 Å². The van der Waals surface area contributed by atoms with Gasteiger partial charge in [0.1, 0.15) is 6.04 Å². The molecule has 0 aromatic heterocycles. The van der Waals surface area contributed by atoms with Gasteiger partial charge in [-0.15, -0.1) is 0 Å². The highest BCUT2D eigenvalue weighted by Crippen LogP contribution is 2.23. The normalized spacial score (nSPS) is 26.2. The van der Waals surface area contributed by atoms with Crippen LogP contribution >= 0.6 is 0 Å². The van der Waals surface area contributed by atoms with E-state index < -0.39 is 22.1 Å². The molecule has 2 saturated heterocycles. The minimum Gasteiger partial charge on any atom is -0.373 e. The van der Waals surface area contributed by atoms with E-state index in [0.29, 0.717) is 38.2 Å². The second-order valence-electron chi connectivity index (χ2n) is 7.28. The summed E-state index contributed by atoms with van der Waals surface area (Å²) in [4.78, 5) is 25.3. The standard InChI is InChI=1S/C18H26N4O5S/c1-12-10-21(11-13(2)27-12)28(25,26)15-7-5-14(6-8-15)20-17(23)16-4-3-9-22(16)18(19)24/h5-8,12-13,16H,3-4,9-11H2,1-2H3,(H2,19,24)(H,20,23)/t12-,13+,16-/m1/s1. The van der Waals surface area contributed by atoms with Gasteiger partial charge >= 0.3 is 6.03 Å². The Balaban J connectivity index is 1.69. The van der Waals surface area contributed by atoms with Crippen LogP contribution in [0.1, 0.15) is 26.7 Å². The van der Waals surface area contributed by atoms with Gasteiger partial charge < -0.3 is 20.7 Å². The number of likely N-dealkylation sites (tertiary alicyclic amines) is 1. The third-order valence-electron chi connectivity index (χ3n) is 4.98. The molecule has 154 valence electrons. The quantitative estimate of drug-likeness (QED) is 0.766. The summed E-state index contributed by atoms with van der Waals surface area (Å²) in [5.74, 6) is -0.331. The molecule has 3 rings (SSSR count). The molecule has 2 aliphatic heterocycles. The number of ether oxygens (including phenoxy) is 1. The van der Waals surface area contributed by atoms with Crippen LogP contribution in [-0.4, -0.2) is 67.4 Å². The topological polar surface area (TPSA) is 122 Å². The van der Waals surface area contributed by atoms with Crippen molar-refractivity contribution >= 4 is 27.6 Å². The van der Waals surface area contributed by atoms with Gasteiger partial charge in [-0.2, -0.15) is 4.31 Å². The molecular weight excluding hydrogens is 384 g/mol. The summed E-state index contributed by atoms with van der Waals surface area (Å²) >= 11 is 0. The highest BCUT2D eigenvalue weighted by molar-refractivity contribution is 7.89. The van der Waals surface area contributed by atoms with Crippen LogP contribution in [0.15, 0.2) is 29.2 Å². The van der Waals surface area contributed by atoms with E-state index in [1.807, 2.05) is 13.8 Å². The number of hydrogen-bond acceptors (Lipinski definition) is 5. The van der Waals surface area contributed by atoms with Gasteiger partial charge in [-0.05, 0) is 51.0 Å². The van der Waals surface area contributed by atoms with Crippen LogP contribution in [0.3, 0.4) is 0 Å². The average Bonchev–Trinajstić information content (AvgIpc) is 3.11. The minimum absolute atomic E-state index is 0.159. The fourth-order valence-corrected chi connectivity index (χ4v) is 5.31. The lowest BCUT2D eigenvalue weighted by Gasteiger charge is -2.34. The smallest absolute Gasteiger partial charge is 0.315 e. The van der Waals surface area contributed by atoms with Crippen LogP contribution in [-0.2, 0) is 19.6 Å². The number of hydrogen-bond donors (Lipinski definition) is 2. The third-order valence-corrected chi connectivity index (χ3v) is 6.83. The molecule has 2 aliphatic rings. The molecule has 9 nitrogen and oxygen atoms in total. The Morgan fingerprint density at radius 3 is 2.32 bits per heavy atom. The second-order valence-corrected chi connectivity index (χ2v) is 9.22. The number of sulfonamides is 1. The zero-order valence-electron chi connectivity index (χ0n) is 16.0. The SMILES string of the molecule is C[C@@H]1CN(S(=O)(=O)c2ccc(NC(=O)[C@H]3CCCN3C(N)=O)cc2)C[C@H](C)O1. The van der Waals surface area contributed by atoms with Crippen molar-refractivity contribution in [2.24, 2.45) is 5.73 Å². The Morgan fingerprint density at radius 2 is 1.75 bits per heavy atom. The van der Waals surface area contributed by atoms with Gasteiger partial charge in [0.2, 0.25) is 15.9 Å². The van der Waals surface area contributed by atoms with Crippen molar-refractivity contribution in [3.63, 3.8) is 0 Å². The van der Waals surface area contributed by atoms with Crippen LogP contribution < -0.4 is 11.1 Å². The lowest BCUT2D eigenvalue weighted by molar-refractivity contribution is -0.119. The van der Waals surface area contributed by atoms with Crippen LogP contribution in [0.2, 0.25) is 0 Å². The molecule has 10 heteroatoms. The summed E-state index contributed by atoms with van der Waals surface area (Å²) in [6.45, 7) is 4.75. The van der Waals surface area contributed by atoms with Crippen molar-refractivity contribution in [3.8, 4) is 0 Å². The summed E-state index contributed by atoms with van der Waals surface area (Å²) in [5, 5.41) is 2.72. The first-order valence-corrected chi connectivity index (χ1v) is 10.7. The second kappa shape index (κ2) is 8.06. The lowest BCUT2D eigenvalue weighted by Crippen LogP contribution is -2.48. The van der Waals surface area contributed by atoms with Gasteiger partial charge in [-0.1, -0.05) is 0 Å². The first kappa shape index (κ1) is 20.6. The maximum Gasteiger partial charge on any atom is 0.315 e. The number of benzene rings is 1. The van der Waals surface area contributed by atoms with Crippen molar-refractivity contribution < 1.29 is 22.7 Å². The number of rotatable bonds is 4. The van der Waals surface area contributed by atoms with E-state index in [1.165, 1.54) is 21.3 Å². The Hall–Kier alpha value is -2.17. The molecule has 0 saturated carbocycles. The van der Waals surface area contributed by atoms with Crippen LogP contribution in [0.4, 0.5) is 10.5 Å². The number of primary amides is 1. The van der Waals surface area contributed by atoms with Gasteiger partial charge in [-0.25, -0.2) is 13.2 Å². The predicted octanol–water partition coefficient (Wildman–Crippen LogP) is 0.966. The molecule has 0 aliphatic carbocycles. The van der Waals surface area contributed by atoms with Gasteiger partial charge in [-0.3, -0.25) is 4.79 Å². The summed E-state index contributed by atoms with van der Waals surface area (Å²) in [5.41, 5.74) is 5.77. The zero-order valence-corrected chi connectivity index (χ0v) is 16.8. The highest BCUT2D eigenvalue weighted by Gasteiger charge is 2.34. The molecule has 0 unspecified atom stereocenters. The zero-order chi connectivity index (χ0) is 20.5. The number of nitrogens with two attached hydrogens (primary N) is 1. The summed E-state index contributed by atoms with van der Waals surface area (Å²) < 4.78 is 32.7. The summed E-state index contributed by atoms with van der Waals surface area (Å²) in [6.07, 6.45) is 0.928. The number of amides is 3. The van der Waals surface area contributed by atoms with E-state index in [-0.39, 0.29) is 23.0 Å². The molecule has 3 amide bonds. The maximum absolute atomic E-state index is 12.9. The largest absolute Gasteiger partial charge is 0.373 e. The number of carbonyl (C=O) groups is 2. The molecule has 0 bridgehead atoms. The molecule has 0 spiro atoms. The Bertz CT molecular complexity index is 832. The number of anilines is 1. The fourth-order valence-electron chi connectivity index (χ4n) is 3.71. The molecule has 2 fully saturated rings. The first-order chi connectivity index (χ1) is 13.2. The summed E-state index contributed by atoms with van der Waals surface area (Å²) in [7, 11) is -3.64. The van der Waals surface area contributed by atoms with E-state index in [0.717, 1.165) is 0 Å².